The Kier molecular flexibility index (Phi) is 5.04. The van der Waals surface area contributed by atoms with E-state index >= 15 is 0 Å². The van der Waals surface area contributed by atoms with E-state index in [0.717, 1.165) is 0 Å². The smallest absolute Gasteiger partial charge is 0.261 e. The van der Waals surface area contributed by atoms with Crippen molar-refractivity contribution in [3.8, 4) is 0 Å². The third kappa shape index (κ3) is 4.38. The molecule has 7 nitrogen and oxygen atoms in total. The molecule has 1 saturated heterocycles. The first-order valence-corrected chi connectivity index (χ1v) is 7.39. The van der Waals surface area contributed by atoms with Crippen LogP contribution in [-0.4, -0.2) is 36.2 Å². The van der Waals surface area contributed by atoms with E-state index in [9.17, 15) is 19.2 Å². The number of carbonyl (C=O) groups excluding carboxylic acids is 4. The molecule has 2 rings (SSSR count). The summed E-state index contributed by atoms with van der Waals surface area (Å²) in [6, 6.07) is 2.79. The Hall–Kier alpha value is -2.22. The summed E-state index contributed by atoms with van der Waals surface area (Å²) in [5, 5.41) is 9.14. The lowest BCUT2D eigenvalue weighted by Crippen LogP contribution is -2.52. The second-order valence-electron chi connectivity index (χ2n) is 4.55. The molecule has 0 aliphatic carbocycles. The zero-order valence-electron chi connectivity index (χ0n) is 11.2. The topological polar surface area (TPSA) is 104 Å². The zero-order chi connectivity index (χ0) is 15.2. The molecule has 3 N–H and O–H groups in total. The number of hydrogen-bond donors (Lipinski definition) is 3. The minimum absolute atomic E-state index is 0.0782. The summed E-state index contributed by atoms with van der Waals surface area (Å²) in [5.74, 6) is -1.37. The van der Waals surface area contributed by atoms with Crippen LogP contribution in [0.3, 0.4) is 0 Å². The molecular weight excluding hydrogens is 294 g/mol. The summed E-state index contributed by atoms with van der Waals surface area (Å²) in [7, 11) is 0. The molecular formula is C13H15N3O4S. The Morgan fingerprint density at radius 1 is 1.38 bits per heavy atom. The molecule has 0 saturated carbocycles. The second kappa shape index (κ2) is 6.98. The molecule has 1 aromatic heterocycles. The predicted octanol–water partition coefficient (Wildman–Crippen LogP) is -0.211. The van der Waals surface area contributed by atoms with Crippen molar-refractivity contribution in [2.45, 2.75) is 25.3 Å². The Morgan fingerprint density at radius 3 is 2.86 bits per heavy atom. The highest BCUT2D eigenvalue weighted by molar-refractivity contribution is 7.12. The largest absolute Gasteiger partial charge is 0.351 e. The van der Waals surface area contributed by atoms with Gasteiger partial charge in [0.1, 0.15) is 6.04 Å². The van der Waals surface area contributed by atoms with E-state index in [0.29, 0.717) is 11.3 Å². The van der Waals surface area contributed by atoms with Gasteiger partial charge in [0.05, 0.1) is 4.88 Å². The van der Waals surface area contributed by atoms with Crippen molar-refractivity contribution in [3.05, 3.63) is 22.4 Å². The predicted molar refractivity (Wildman–Crippen MR) is 75.6 cm³/mol. The third-order valence-electron chi connectivity index (χ3n) is 2.96. The van der Waals surface area contributed by atoms with E-state index in [-0.39, 0.29) is 37.1 Å². The highest BCUT2D eigenvalue weighted by Gasteiger charge is 2.27. The monoisotopic (exact) mass is 309 g/mol. The fourth-order valence-electron chi connectivity index (χ4n) is 1.88. The van der Waals surface area contributed by atoms with Crippen LogP contribution in [0.5, 0.6) is 0 Å². The average Bonchev–Trinajstić information content (AvgIpc) is 2.96. The van der Waals surface area contributed by atoms with Crippen LogP contribution >= 0.6 is 11.3 Å². The van der Waals surface area contributed by atoms with E-state index in [1.165, 1.54) is 11.3 Å². The first-order chi connectivity index (χ1) is 10.1. The van der Waals surface area contributed by atoms with Crippen LogP contribution in [0.15, 0.2) is 17.5 Å². The summed E-state index contributed by atoms with van der Waals surface area (Å²) < 4.78 is 0. The highest BCUT2D eigenvalue weighted by Crippen LogP contribution is 2.07. The van der Waals surface area contributed by atoms with Crippen molar-refractivity contribution >= 4 is 35.0 Å². The van der Waals surface area contributed by atoms with Crippen molar-refractivity contribution in [1.29, 1.82) is 0 Å². The van der Waals surface area contributed by atoms with E-state index < -0.39 is 11.9 Å². The molecule has 0 aromatic carbocycles. The Bertz CT molecular complexity index is 556. The number of nitrogens with one attached hydrogen (secondary N) is 3. The van der Waals surface area contributed by atoms with Crippen molar-refractivity contribution in [2.75, 3.05) is 6.54 Å². The van der Waals surface area contributed by atoms with Crippen LogP contribution in [0.25, 0.3) is 0 Å². The summed E-state index contributed by atoms with van der Waals surface area (Å²) >= 11 is 1.32. The fourth-order valence-corrected chi connectivity index (χ4v) is 2.52. The van der Waals surface area contributed by atoms with Gasteiger partial charge >= 0.3 is 0 Å². The zero-order valence-corrected chi connectivity index (χ0v) is 12.0. The summed E-state index contributed by atoms with van der Waals surface area (Å²) in [6.07, 6.45) is 0.596. The summed E-state index contributed by atoms with van der Waals surface area (Å²) in [6.45, 7) is 0.190. The number of piperidine rings is 1. The van der Waals surface area contributed by atoms with Crippen LogP contribution in [-0.2, 0) is 14.4 Å². The maximum Gasteiger partial charge on any atom is 0.261 e. The molecule has 1 aromatic rings. The van der Waals surface area contributed by atoms with Gasteiger partial charge in [-0.2, -0.15) is 0 Å². The van der Waals surface area contributed by atoms with E-state index in [2.05, 4.69) is 16.0 Å². The molecule has 1 atom stereocenters. The van der Waals surface area contributed by atoms with Gasteiger partial charge in [-0.3, -0.25) is 24.5 Å². The summed E-state index contributed by atoms with van der Waals surface area (Å²) in [4.78, 5) is 46.3. The van der Waals surface area contributed by atoms with Crippen LogP contribution in [0, 0.1) is 0 Å². The molecule has 0 radical (unpaired) electrons. The molecule has 2 heterocycles. The molecule has 0 spiro atoms. The Balaban J connectivity index is 1.69. The van der Waals surface area contributed by atoms with Gasteiger partial charge in [0.2, 0.25) is 17.7 Å². The molecule has 8 heteroatoms. The summed E-state index contributed by atoms with van der Waals surface area (Å²) in [5.41, 5.74) is 0. The lowest BCUT2D eigenvalue weighted by Gasteiger charge is -2.21. The molecule has 1 aliphatic rings. The van der Waals surface area contributed by atoms with Gasteiger partial charge in [0.15, 0.2) is 0 Å². The maximum atomic E-state index is 11.7. The number of amides is 4. The quantitative estimate of drug-likeness (QED) is 0.655. The first-order valence-electron chi connectivity index (χ1n) is 6.51. The minimum atomic E-state index is -0.678. The third-order valence-corrected chi connectivity index (χ3v) is 3.83. The average molecular weight is 309 g/mol. The van der Waals surface area contributed by atoms with Gasteiger partial charge in [-0.15, -0.1) is 11.3 Å². The second-order valence-corrected chi connectivity index (χ2v) is 5.50. The van der Waals surface area contributed by atoms with Crippen molar-refractivity contribution in [3.63, 3.8) is 0 Å². The highest BCUT2D eigenvalue weighted by atomic mass is 32.1. The maximum absolute atomic E-state index is 11.7. The SMILES string of the molecule is O=C1CCC(NC(=O)CCNC(=O)c2cccs2)C(=O)N1. The fraction of sp³-hybridized carbons (Fsp3) is 0.385. The van der Waals surface area contributed by atoms with E-state index in [4.69, 9.17) is 0 Å². The van der Waals surface area contributed by atoms with Crippen molar-refractivity contribution in [2.24, 2.45) is 0 Å². The first kappa shape index (κ1) is 15.2. The van der Waals surface area contributed by atoms with Gasteiger partial charge in [-0.25, -0.2) is 0 Å². The number of carbonyl (C=O) groups is 4. The van der Waals surface area contributed by atoms with Crippen LogP contribution in [0.4, 0.5) is 0 Å². The van der Waals surface area contributed by atoms with E-state index in [1.54, 1.807) is 17.5 Å². The van der Waals surface area contributed by atoms with Gasteiger partial charge < -0.3 is 10.6 Å². The normalized spacial score (nSPS) is 18.0. The van der Waals surface area contributed by atoms with E-state index in [1.807, 2.05) is 0 Å². The van der Waals surface area contributed by atoms with Crippen LogP contribution < -0.4 is 16.0 Å². The molecule has 4 amide bonds. The number of hydrogen-bond acceptors (Lipinski definition) is 5. The molecule has 21 heavy (non-hydrogen) atoms. The Labute approximate surface area is 125 Å². The van der Waals surface area contributed by atoms with Crippen LogP contribution in [0.1, 0.15) is 28.9 Å². The molecule has 112 valence electrons. The number of rotatable bonds is 5. The Morgan fingerprint density at radius 2 is 2.19 bits per heavy atom. The molecule has 1 fully saturated rings. The minimum Gasteiger partial charge on any atom is -0.351 e. The van der Waals surface area contributed by atoms with Crippen molar-refractivity contribution < 1.29 is 19.2 Å². The van der Waals surface area contributed by atoms with Crippen LogP contribution in [0.2, 0.25) is 0 Å². The lowest BCUT2D eigenvalue weighted by atomic mass is 10.1. The number of imide groups is 1. The van der Waals surface area contributed by atoms with Gasteiger partial charge in [0.25, 0.3) is 5.91 Å². The molecule has 0 bridgehead atoms. The number of thiophene rings is 1. The molecule has 1 aliphatic heterocycles. The van der Waals surface area contributed by atoms with Gasteiger partial charge in [-0.1, -0.05) is 6.07 Å². The lowest BCUT2D eigenvalue weighted by molar-refractivity contribution is -0.137. The van der Waals surface area contributed by atoms with Gasteiger partial charge in [0, 0.05) is 19.4 Å². The van der Waals surface area contributed by atoms with Gasteiger partial charge in [-0.05, 0) is 17.9 Å². The standard InChI is InChI=1S/C13H15N3O4S/c17-10-4-3-8(12(19)16-10)15-11(18)5-6-14-13(20)9-2-1-7-21-9/h1-2,7-8H,3-6H2,(H,14,20)(H,15,18)(H,16,17,19). The molecule has 1 unspecified atom stereocenters. The van der Waals surface area contributed by atoms with Crippen molar-refractivity contribution in [1.82, 2.24) is 16.0 Å².